The van der Waals surface area contributed by atoms with Crippen LogP contribution in [0.25, 0.3) is 0 Å². The number of benzene rings is 1. The van der Waals surface area contributed by atoms with Crippen molar-refractivity contribution >= 4 is 29.2 Å². The van der Waals surface area contributed by atoms with Crippen molar-refractivity contribution in [2.45, 2.75) is 36.3 Å². The topological polar surface area (TPSA) is 35.5 Å². The van der Waals surface area contributed by atoms with Crippen LogP contribution in [0.4, 0.5) is 0 Å². The van der Waals surface area contributed by atoms with Crippen molar-refractivity contribution in [3.63, 3.8) is 0 Å². The van der Waals surface area contributed by atoms with Crippen molar-refractivity contribution in [1.82, 2.24) is 0 Å². The summed E-state index contributed by atoms with van der Waals surface area (Å²) in [6.07, 6.45) is 2.13. The van der Waals surface area contributed by atoms with E-state index < -0.39 is 16.9 Å². The largest absolute Gasteiger partial charge is 0.475 e. The third-order valence-electron chi connectivity index (χ3n) is 2.46. The van der Waals surface area contributed by atoms with Crippen molar-refractivity contribution in [3.8, 4) is 5.75 Å². The summed E-state index contributed by atoms with van der Waals surface area (Å²) in [6.45, 7) is 0. The van der Waals surface area contributed by atoms with Gasteiger partial charge in [0.1, 0.15) is 17.2 Å². The van der Waals surface area contributed by atoms with E-state index in [2.05, 4.69) is 0 Å². The fraction of sp³-hybridized carbons (Fsp3) is 0.462. The second-order valence-electron chi connectivity index (χ2n) is 4.18. The summed E-state index contributed by atoms with van der Waals surface area (Å²) < 4.78 is 10.5. The number of halogens is 2. The van der Waals surface area contributed by atoms with Crippen LogP contribution in [0.2, 0.25) is 0 Å². The van der Waals surface area contributed by atoms with Crippen molar-refractivity contribution in [1.29, 1.82) is 0 Å². The molecule has 2 atom stereocenters. The van der Waals surface area contributed by atoms with Crippen LogP contribution in [0.15, 0.2) is 30.3 Å². The fourth-order valence-corrected chi connectivity index (χ4v) is 1.96. The Labute approximate surface area is 116 Å². The molecule has 1 aromatic carbocycles. The second-order valence-corrected chi connectivity index (χ2v) is 5.19. The smallest absolute Gasteiger partial charge is 0.324 e. The van der Waals surface area contributed by atoms with Crippen LogP contribution < -0.4 is 4.74 Å². The summed E-state index contributed by atoms with van der Waals surface area (Å²) in [7, 11) is 0. The molecule has 3 nitrogen and oxygen atoms in total. The average molecular weight is 289 g/mol. The van der Waals surface area contributed by atoms with Crippen molar-refractivity contribution in [2.75, 3.05) is 0 Å². The molecule has 1 aromatic rings. The first-order chi connectivity index (χ1) is 8.65. The molecule has 0 saturated heterocycles. The van der Waals surface area contributed by atoms with E-state index in [-0.39, 0.29) is 12.5 Å². The predicted molar refractivity (Wildman–Crippen MR) is 70.1 cm³/mol. The van der Waals surface area contributed by atoms with Gasteiger partial charge in [-0.15, -0.1) is 11.6 Å². The number of hydrogen-bond donors (Lipinski definition) is 0. The Morgan fingerprint density at radius 3 is 2.56 bits per heavy atom. The van der Waals surface area contributed by atoms with Crippen LogP contribution in [-0.2, 0) is 9.53 Å². The lowest BCUT2D eigenvalue weighted by atomic mass is 10.3. The van der Waals surface area contributed by atoms with Gasteiger partial charge in [0.2, 0.25) is 0 Å². The fourth-order valence-electron chi connectivity index (χ4n) is 1.38. The number of esters is 1. The summed E-state index contributed by atoms with van der Waals surface area (Å²) in [4.78, 5) is 11.5. The lowest BCUT2D eigenvalue weighted by molar-refractivity contribution is -0.144. The van der Waals surface area contributed by atoms with Crippen LogP contribution >= 0.6 is 23.2 Å². The highest BCUT2D eigenvalue weighted by Crippen LogP contribution is 2.26. The molecule has 0 radical (unpaired) electrons. The van der Waals surface area contributed by atoms with Gasteiger partial charge in [-0.05, 0) is 25.0 Å². The Morgan fingerprint density at radius 2 is 1.94 bits per heavy atom. The molecule has 98 valence electrons. The number of hydrogen-bond acceptors (Lipinski definition) is 3. The van der Waals surface area contributed by atoms with Crippen molar-refractivity contribution in [3.05, 3.63) is 30.3 Å². The molecule has 18 heavy (non-hydrogen) atoms. The molecule has 0 heterocycles. The van der Waals surface area contributed by atoms with Gasteiger partial charge in [0.15, 0.2) is 5.56 Å². The highest BCUT2D eigenvalue weighted by atomic mass is 35.5. The van der Waals surface area contributed by atoms with E-state index in [0.29, 0.717) is 5.75 Å². The van der Waals surface area contributed by atoms with Gasteiger partial charge in [-0.25, -0.2) is 0 Å². The SMILES string of the molecule is O=C(OC1CC1)C(Cl)CC(Cl)Oc1ccccc1. The maximum absolute atomic E-state index is 11.5. The molecule has 1 fully saturated rings. The standard InChI is InChI=1S/C13H14Cl2O3/c14-11(13(16)18-10-6-7-10)8-12(15)17-9-4-2-1-3-5-9/h1-5,10-12H,6-8H2. The zero-order valence-electron chi connectivity index (χ0n) is 9.72. The first kappa shape index (κ1) is 13.5. The quantitative estimate of drug-likeness (QED) is 0.595. The number of carbonyl (C=O) groups excluding carboxylic acids is 1. The molecule has 0 spiro atoms. The minimum atomic E-state index is -0.767. The average Bonchev–Trinajstić information content (AvgIpc) is 3.14. The lowest BCUT2D eigenvalue weighted by Gasteiger charge is -2.15. The summed E-state index contributed by atoms with van der Waals surface area (Å²) in [5.41, 5.74) is -0.651. The molecule has 0 aromatic heterocycles. The highest BCUT2D eigenvalue weighted by Gasteiger charge is 2.30. The first-order valence-electron chi connectivity index (χ1n) is 5.85. The number of alkyl halides is 2. The van der Waals surface area contributed by atoms with Crippen molar-refractivity contribution in [2.24, 2.45) is 0 Å². The molecular formula is C13H14Cl2O3. The number of ether oxygens (including phenoxy) is 2. The molecule has 1 aliphatic rings. The molecule has 5 heteroatoms. The molecule has 0 aliphatic heterocycles. The van der Waals surface area contributed by atoms with E-state index in [9.17, 15) is 4.79 Å². The van der Waals surface area contributed by atoms with Gasteiger partial charge in [-0.1, -0.05) is 29.8 Å². The van der Waals surface area contributed by atoms with Gasteiger partial charge in [-0.3, -0.25) is 4.79 Å². The normalized spacial score (nSPS) is 17.9. The zero-order valence-corrected chi connectivity index (χ0v) is 11.2. The minimum absolute atomic E-state index is 0.0579. The Bertz CT molecular complexity index is 392. The van der Waals surface area contributed by atoms with Crippen molar-refractivity contribution < 1.29 is 14.3 Å². The highest BCUT2D eigenvalue weighted by molar-refractivity contribution is 6.30. The Hall–Kier alpha value is -0.930. The summed E-state index contributed by atoms with van der Waals surface area (Å²) in [6, 6.07) is 9.16. The van der Waals surface area contributed by atoms with Gasteiger partial charge in [-0.2, -0.15) is 0 Å². The molecule has 1 saturated carbocycles. The molecule has 0 amide bonds. The lowest BCUT2D eigenvalue weighted by Crippen LogP contribution is -2.24. The maximum Gasteiger partial charge on any atom is 0.324 e. The third kappa shape index (κ3) is 4.39. The zero-order chi connectivity index (χ0) is 13.0. The van der Waals surface area contributed by atoms with Crippen LogP contribution in [0.5, 0.6) is 5.75 Å². The molecular weight excluding hydrogens is 275 g/mol. The monoisotopic (exact) mass is 288 g/mol. The first-order valence-corrected chi connectivity index (χ1v) is 6.73. The van der Waals surface area contributed by atoms with Gasteiger partial charge >= 0.3 is 5.97 Å². The minimum Gasteiger partial charge on any atom is -0.475 e. The van der Waals surface area contributed by atoms with Gasteiger partial charge in [0.05, 0.1) is 0 Å². The molecule has 1 aliphatic carbocycles. The van der Waals surface area contributed by atoms with Crippen LogP contribution in [-0.4, -0.2) is 23.0 Å². The third-order valence-corrected chi connectivity index (χ3v) is 3.09. The summed E-state index contributed by atoms with van der Waals surface area (Å²) in [5.74, 6) is 0.235. The van der Waals surface area contributed by atoms with Crippen LogP contribution in [0.3, 0.4) is 0 Å². The Morgan fingerprint density at radius 1 is 1.28 bits per heavy atom. The second kappa shape index (κ2) is 6.30. The van der Waals surface area contributed by atoms with E-state index in [1.807, 2.05) is 18.2 Å². The maximum atomic E-state index is 11.5. The Kier molecular flexibility index (Phi) is 4.72. The number of rotatable bonds is 6. The van der Waals surface area contributed by atoms with Gasteiger partial charge in [0.25, 0.3) is 0 Å². The van der Waals surface area contributed by atoms with Crippen LogP contribution in [0.1, 0.15) is 19.3 Å². The van der Waals surface area contributed by atoms with E-state index in [1.54, 1.807) is 12.1 Å². The van der Waals surface area contributed by atoms with E-state index in [4.69, 9.17) is 32.7 Å². The molecule has 2 rings (SSSR count). The Balaban J connectivity index is 1.75. The molecule has 0 bridgehead atoms. The number of para-hydroxylation sites is 1. The van der Waals surface area contributed by atoms with Gasteiger partial charge in [0, 0.05) is 6.42 Å². The van der Waals surface area contributed by atoms with E-state index in [1.165, 1.54) is 0 Å². The van der Waals surface area contributed by atoms with Gasteiger partial charge < -0.3 is 9.47 Å². The van der Waals surface area contributed by atoms with Crippen LogP contribution in [0, 0.1) is 0 Å². The van der Waals surface area contributed by atoms with E-state index >= 15 is 0 Å². The predicted octanol–water partition coefficient (Wildman–Crippen LogP) is 3.33. The van der Waals surface area contributed by atoms with E-state index in [0.717, 1.165) is 12.8 Å². The molecule has 0 N–H and O–H groups in total. The summed E-state index contributed by atoms with van der Waals surface area (Å²) >= 11 is 11.9. The summed E-state index contributed by atoms with van der Waals surface area (Å²) in [5, 5.41) is -0.767. The molecule has 2 unspecified atom stereocenters. The number of carbonyl (C=O) groups is 1.